The molecule has 1 saturated carbocycles. The maximum Gasteiger partial charge on any atom is 0.0175 e. The lowest BCUT2D eigenvalue weighted by molar-refractivity contribution is 0.475. The topological polar surface area (TPSA) is 12.0 Å². The van der Waals surface area contributed by atoms with Crippen LogP contribution < -0.4 is 5.32 Å². The highest BCUT2D eigenvalue weighted by atomic mass is 79.9. The number of halogens is 1. The number of thioether (sulfide) groups is 1. The van der Waals surface area contributed by atoms with E-state index in [4.69, 9.17) is 0 Å². The van der Waals surface area contributed by atoms with Crippen LogP contribution in [-0.4, -0.2) is 23.6 Å². The Kier molecular flexibility index (Phi) is 3.78. The van der Waals surface area contributed by atoms with E-state index in [-0.39, 0.29) is 0 Å². The Labute approximate surface area is 116 Å². The Morgan fingerprint density at radius 1 is 1.12 bits per heavy atom. The highest BCUT2D eigenvalue weighted by molar-refractivity contribution is 9.10. The molecule has 92 valence electrons. The van der Waals surface area contributed by atoms with Gasteiger partial charge in [-0.05, 0) is 48.5 Å². The molecule has 0 aromatic heterocycles. The number of hydrogen-bond donors (Lipinski definition) is 1. The molecule has 0 amide bonds. The van der Waals surface area contributed by atoms with Crippen LogP contribution >= 0.6 is 27.7 Å². The van der Waals surface area contributed by atoms with Gasteiger partial charge in [-0.2, -0.15) is 11.8 Å². The van der Waals surface area contributed by atoms with Gasteiger partial charge in [-0.25, -0.2) is 0 Å². The Morgan fingerprint density at radius 3 is 2.53 bits per heavy atom. The largest absolute Gasteiger partial charge is 0.311 e. The molecule has 3 rings (SSSR count). The highest BCUT2D eigenvalue weighted by Crippen LogP contribution is 2.41. The lowest BCUT2D eigenvalue weighted by atomic mass is 10.1. The van der Waals surface area contributed by atoms with Gasteiger partial charge in [0.05, 0.1) is 0 Å². The molecule has 1 aliphatic carbocycles. The zero-order valence-electron chi connectivity index (χ0n) is 9.86. The molecule has 0 radical (unpaired) electrons. The summed E-state index contributed by atoms with van der Waals surface area (Å²) in [4.78, 5) is 0. The van der Waals surface area contributed by atoms with Gasteiger partial charge in [0, 0.05) is 22.5 Å². The van der Waals surface area contributed by atoms with Gasteiger partial charge in [-0.1, -0.05) is 28.1 Å². The van der Waals surface area contributed by atoms with Crippen LogP contribution in [-0.2, 0) is 0 Å². The molecule has 1 aliphatic heterocycles. The van der Waals surface area contributed by atoms with E-state index in [1.165, 1.54) is 40.8 Å². The summed E-state index contributed by atoms with van der Waals surface area (Å²) in [6, 6.07) is 10.3. The molecular formula is C14H18BrNS. The summed E-state index contributed by atoms with van der Waals surface area (Å²) in [5.41, 5.74) is 1.50. The van der Waals surface area contributed by atoms with E-state index in [0.29, 0.717) is 0 Å². The van der Waals surface area contributed by atoms with Gasteiger partial charge in [0.1, 0.15) is 0 Å². The van der Waals surface area contributed by atoms with Crippen LogP contribution in [0.2, 0.25) is 0 Å². The molecule has 2 fully saturated rings. The van der Waals surface area contributed by atoms with Gasteiger partial charge in [-0.15, -0.1) is 0 Å². The Hall–Kier alpha value is 0.01000. The molecule has 1 N–H and O–H groups in total. The van der Waals surface area contributed by atoms with Crippen molar-refractivity contribution in [1.82, 2.24) is 5.32 Å². The minimum atomic E-state index is 0.740. The zero-order chi connectivity index (χ0) is 11.7. The minimum Gasteiger partial charge on any atom is -0.311 e. The van der Waals surface area contributed by atoms with Crippen molar-refractivity contribution in [2.24, 2.45) is 0 Å². The van der Waals surface area contributed by atoms with Crippen molar-refractivity contribution in [2.75, 3.05) is 11.5 Å². The summed E-state index contributed by atoms with van der Waals surface area (Å²) in [5, 5.41) is 3.83. The summed E-state index contributed by atoms with van der Waals surface area (Å²) in [7, 11) is 0. The van der Waals surface area contributed by atoms with Gasteiger partial charge >= 0.3 is 0 Å². The maximum absolute atomic E-state index is 3.83. The Morgan fingerprint density at radius 2 is 1.82 bits per heavy atom. The van der Waals surface area contributed by atoms with Crippen molar-refractivity contribution < 1.29 is 0 Å². The van der Waals surface area contributed by atoms with Crippen LogP contribution in [0.3, 0.4) is 0 Å². The molecule has 2 aliphatic rings. The van der Waals surface area contributed by atoms with Crippen LogP contribution in [0.5, 0.6) is 0 Å². The first-order chi connectivity index (χ1) is 8.33. The van der Waals surface area contributed by atoms with Crippen molar-refractivity contribution in [3.05, 3.63) is 34.3 Å². The van der Waals surface area contributed by atoms with Gasteiger partial charge in [0.2, 0.25) is 0 Å². The molecule has 1 aromatic rings. The quantitative estimate of drug-likeness (QED) is 0.911. The third-order valence-electron chi connectivity index (χ3n) is 3.76. The standard InChI is InChI=1S/C14H18BrNS/c15-11-3-1-10(2-4-11)13-9-14(13)16-12-5-7-17-8-6-12/h1-4,12-14,16H,5-9H2/t13-,14+/m1/s1. The van der Waals surface area contributed by atoms with E-state index in [1.54, 1.807) is 0 Å². The fourth-order valence-electron chi connectivity index (χ4n) is 2.62. The molecule has 0 bridgehead atoms. The summed E-state index contributed by atoms with van der Waals surface area (Å²) < 4.78 is 1.18. The van der Waals surface area contributed by atoms with Crippen LogP contribution in [0.1, 0.15) is 30.7 Å². The Bertz CT molecular complexity index is 372. The summed E-state index contributed by atoms with van der Waals surface area (Å²) >= 11 is 5.59. The van der Waals surface area contributed by atoms with Crippen molar-refractivity contribution in [3.8, 4) is 0 Å². The fourth-order valence-corrected chi connectivity index (χ4v) is 4.00. The molecule has 0 unspecified atom stereocenters. The molecule has 17 heavy (non-hydrogen) atoms. The van der Waals surface area contributed by atoms with Crippen LogP contribution in [0.4, 0.5) is 0 Å². The first kappa shape index (κ1) is 12.1. The molecule has 0 spiro atoms. The van der Waals surface area contributed by atoms with Crippen LogP contribution in [0.15, 0.2) is 28.7 Å². The number of benzene rings is 1. The normalized spacial score (nSPS) is 29.2. The highest BCUT2D eigenvalue weighted by Gasteiger charge is 2.39. The molecule has 1 saturated heterocycles. The average Bonchev–Trinajstić information content (AvgIpc) is 3.11. The summed E-state index contributed by atoms with van der Waals surface area (Å²) in [5.74, 6) is 3.44. The van der Waals surface area contributed by atoms with Gasteiger partial charge in [0.15, 0.2) is 0 Å². The number of nitrogens with one attached hydrogen (secondary N) is 1. The molecule has 1 aromatic carbocycles. The third kappa shape index (κ3) is 3.07. The smallest absolute Gasteiger partial charge is 0.0175 e. The van der Waals surface area contributed by atoms with Crippen molar-refractivity contribution >= 4 is 27.7 Å². The van der Waals surface area contributed by atoms with Crippen LogP contribution in [0, 0.1) is 0 Å². The number of hydrogen-bond acceptors (Lipinski definition) is 2. The predicted molar refractivity (Wildman–Crippen MR) is 78.8 cm³/mol. The van der Waals surface area contributed by atoms with Crippen molar-refractivity contribution in [2.45, 2.75) is 37.3 Å². The lowest BCUT2D eigenvalue weighted by Gasteiger charge is -2.22. The third-order valence-corrected chi connectivity index (χ3v) is 5.34. The molecule has 1 nitrogen and oxygen atoms in total. The SMILES string of the molecule is Brc1ccc([C@H]2C[C@@H]2NC2CCSCC2)cc1. The molecule has 1 heterocycles. The van der Waals surface area contributed by atoms with Crippen molar-refractivity contribution in [1.29, 1.82) is 0 Å². The zero-order valence-corrected chi connectivity index (χ0v) is 12.3. The predicted octanol–water partition coefficient (Wildman–Crippen LogP) is 3.79. The monoisotopic (exact) mass is 311 g/mol. The van der Waals surface area contributed by atoms with E-state index >= 15 is 0 Å². The minimum absolute atomic E-state index is 0.740. The van der Waals surface area contributed by atoms with E-state index in [2.05, 4.69) is 57.3 Å². The van der Waals surface area contributed by atoms with E-state index in [1.807, 2.05) is 0 Å². The second-order valence-electron chi connectivity index (χ2n) is 5.05. The summed E-state index contributed by atoms with van der Waals surface area (Å²) in [6.45, 7) is 0. The lowest BCUT2D eigenvalue weighted by Crippen LogP contribution is -2.34. The molecule has 3 heteroatoms. The molecular weight excluding hydrogens is 294 g/mol. The Balaban J connectivity index is 1.53. The van der Waals surface area contributed by atoms with Crippen molar-refractivity contribution in [3.63, 3.8) is 0 Å². The molecule has 2 atom stereocenters. The summed E-state index contributed by atoms with van der Waals surface area (Å²) in [6.07, 6.45) is 4.04. The van der Waals surface area contributed by atoms with E-state index in [9.17, 15) is 0 Å². The average molecular weight is 312 g/mol. The second kappa shape index (κ2) is 5.33. The first-order valence-electron chi connectivity index (χ1n) is 6.42. The van der Waals surface area contributed by atoms with Gasteiger partial charge < -0.3 is 5.32 Å². The van der Waals surface area contributed by atoms with Gasteiger partial charge in [-0.3, -0.25) is 0 Å². The fraction of sp³-hybridized carbons (Fsp3) is 0.571. The number of rotatable bonds is 3. The first-order valence-corrected chi connectivity index (χ1v) is 8.37. The second-order valence-corrected chi connectivity index (χ2v) is 7.19. The van der Waals surface area contributed by atoms with E-state index in [0.717, 1.165) is 18.0 Å². The van der Waals surface area contributed by atoms with Gasteiger partial charge in [0.25, 0.3) is 0 Å². The van der Waals surface area contributed by atoms with Crippen LogP contribution in [0.25, 0.3) is 0 Å². The maximum atomic E-state index is 3.83. The van der Waals surface area contributed by atoms with E-state index < -0.39 is 0 Å².